The number of hydrogen-bond donors (Lipinski definition) is 1. The van der Waals surface area contributed by atoms with Crippen LogP contribution >= 0.6 is 0 Å². The SMILES string of the molecule is CC=CC(=O)CNC. The van der Waals surface area contributed by atoms with Crippen LogP contribution in [0.3, 0.4) is 0 Å². The Kier molecular flexibility index (Phi) is 4.17. The molecule has 0 saturated heterocycles. The average molecular weight is 113 g/mol. The molecule has 0 aliphatic rings. The Morgan fingerprint density at radius 3 is 2.75 bits per heavy atom. The zero-order chi connectivity index (χ0) is 6.41. The Morgan fingerprint density at radius 1 is 1.75 bits per heavy atom. The van der Waals surface area contributed by atoms with Crippen molar-refractivity contribution in [2.45, 2.75) is 6.92 Å². The molecule has 0 aromatic carbocycles. The predicted molar refractivity (Wildman–Crippen MR) is 33.7 cm³/mol. The fourth-order valence-electron chi connectivity index (χ4n) is 0.419. The van der Waals surface area contributed by atoms with Crippen molar-refractivity contribution in [3.63, 3.8) is 0 Å². The fourth-order valence-corrected chi connectivity index (χ4v) is 0.419. The third kappa shape index (κ3) is 3.56. The van der Waals surface area contributed by atoms with Crippen LogP contribution in [0.2, 0.25) is 0 Å². The van der Waals surface area contributed by atoms with E-state index in [0.29, 0.717) is 6.54 Å². The van der Waals surface area contributed by atoms with Gasteiger partial charge in [0.05, 0.1) is 6.54 Å². The van der Waals surface area contributed by atoms with Crippen LogP contribution in [0.25, 0.3) is 0 Å². The van der Waals surface area contributed by atoms with E-state index in [-0.39, 0.29) is 5.78 Å². The average Bonchev–Trinajstić information content (AvgIpc) is 1.68. The molecule has 8 heavy (non-hydrogen) atoms. The summed E-state index contributed by atoms with van der Waals surface area (Å²) in [5.41, 5.74) is 0. The topological polar surface area (TPSA) is 29.1 Å². The molecule has 0 unspecified atom stereocenters. The third-order valence-corrected chi connectivity index (χ3v) is 0.704. The lowest BCUT2D eigenvalue weighted by Gasteiger charge is -1.88. The van der Waals surface area contributed by atoms with Gasteiger partial charge in [-0.1, -0.05) is 6.08 Å². The van der Waals surface area contributed by atoms with Crippen LogP contribution in [0.15, 0.2) is 12.2 Å². The van der Waals surface area contributed by atoms with Crippen molar-refractivity contribution < 1.29 is 4.79 Å². The molecule has 0 fully saturated rings. The van der Waals surface area contributed by atoms with Gasteiger partial charge < -0.3 is 5.32 Å². The van der Waals surface area contributed by atoms with E-state index >= 15 is 0 Å². The van der Waals surface area contributed by atoms with Crippen LogP contribution in [-0.4, -0.2) is 19.4 Å². The van der Waals surface area contributed by atoms with Gasteiger partial charge in [0.2, 0.25) is 0 Å². The van der Waals surface area contributed by atoms with Crippen molar-refractivity contribution in [1.29, 1.82) is 0 Å². The first-order chi connectivity index (χ1) is 3.81. The number of ketones is 1. The number of carbonyl (C=O) groups excluding carboxylic acids is 1. The third-order valence-electron chi connectivity index (χ3n) is 0.704. The van der Waals surface area contributed by atoms with E-state index in [1.807, 2.05) is 6.92 Å². The molecule has 0 bridgehead atoms. The van der Waals surface area contributed by atoms with Crippen molar-refractivity contribution in [3.05, 3.63) is 12.2 Å². The highest BCUT2D eigenvalue weighted by Crippen LogP contribution is 1.71. The van der Waals surface area contributed by atoms with E-state index in [2.05, 4.69) is 5.32 Å². The Labute approximate surface area is 49.6 Å². The number of nitrogens with one attached hydrogen (secondary N) is 1. The van der Waals surface area contributed by atoms with Crippen molar-refractivity contribution in [2.24, 2.45) is 0 Å². The molecule has 0 atom stereocenters. The molecule has 0 spiro atoms. The van der Waals surface area contributed by atoms with E-state index in [4.69, 9.17) is 0 Å². The molecule has 46 valence electrons. The zero-order valence-electron chi connectivity index (χ0n) is 5.27. The van der Waals surface area contributed by atoms with Gasteiger partial charge in [-0.25, -0.2) is 0 Å². The number of carbonyl (C=O) groups is 1. The van der Waals surface area contributed by atoms with Gasteiger partial charge in [0.15, 0.2) is 5.78 Å². The molecular weight excluding hydrogens is 102 g/mol. The highest BCUT2D eigenvalue weighted by atomic mass is 16.1. The van der Waals surface area contributed by atoms with Gasteiger partial charge in [0, 0.05) is 0 Å². The van der Waals surface area contributed by atoms with Gasteiger partial charge in [-0.15, -0.1) is 0 Å². The number of hydrogen-bond acceptors (Lipinski definition) is 2. The molecule has 0 saturated carbocycles. The van der Waals surface area contributed by atoms with Gasteiger partial charge in [-0.3, -0.25) is 4.79 Å². The maximum absolute atomic E-state index is 10.5. The fraction of sp³-hybridized carbons (Fsp3) is 0.500. The smallest absolute Gasteiger partial charge is 0.169 e. The van der Waals surface area contributed by atoms with Crippen LogP contribution in [0.4, 0.5) is 0 Å². The first kappa shape index (κ1) is 7.37. The lowest BCUT2D eigenvalue weighted by atomic mass is 10.3. The first-order valence-electron chi connectivity index (χ1n) is 2.61. The minimum atomic E-state index is 0.120. The summed E-state index contributed by atoms with van der Waals surface area (Å²) in [6, 6.07) is 0. The van der Waals surface area contributed by atoms with Crippen molar-refractivity contribution >= 4 is 5.78 Å². The van der Waals surface area contributed by atoms with Crippen molar-refractivity contribution in [2.75, 3.05) is 13.6 Å². The largest absolute Gasteiger partial charge is 0.313 e. The minimum absolute atomic E-state index is 0.120. The predicted octanol–water partition coefficient (Wildman–Crippen LogP) is 0.351. The second-order valence-electron chi connectivity index (χ2n) is 1.50. The first-order valence-corrected chi connectivity index (χ1v) is 2.61. The molecule has 0 heterocycles. The van der Waals surface area contributed by atoms with Crippen LogP contribution in [0.5, 0.6) is 0 Å². The summed E-state index contributed by atoms with van der Waals surface area (Å²) in [4.78, 5) is 10.5. The lowest BCUT2D eigenvalue weighted by Crippen LogP contribution is -2.15. The molecule has 1 N–H and O–H groups in total. The van der Waals surface area contributed by atoms with Crippen LogP contribution < -0.4 is 5.32 Å². The van der Waals surface area contributed by atoms with E-state index in [1.54, 1.807) is 19.2 Å². The van der Waals surface area contributed by atoms with Gasteiger partial charge in [0.25, 0.3) is 0 Å². The summed E-state index contributed by atoms with van der Waals surface area (Å²) in [6.07, 6.45) is 3.29. The summed E-state index contributed by atoms with van der Waals surface area (Å²) in [5.74, 6) is 0.120. The van der Waals surface area contributed by atoms with Crippen molar-refractivity contribution in [3.8, 4) is 0 Å². The van der Waals surface area contributed by atoms with Gasteiger partial charge in [-0.05, 0) is 20.0 Å². The molecule has 0 aliphatic carbocycles. The molecule has 0 amide bonds. The summed E-state index contributed by atoms with van der Waals surface area (Å²) in [7, 11) is 1.75. The number of likely N-dealkylation sites (N-methyl/N-ethyl adjacent to an activating group) is 1. The lowest BCUT2D eigenvalue weighted by molar-refractivity contribution is -0.113. The van der Waals surface area contributed by atoms with E-state index in [0.717, 1.165) is 0 Å². The molecule has 0 aromatic rings. The van der Waals surface area contributed by atoms with E-state index in [9.17, 15) is 4.79 Å². The highest BCUT2D eigenvalue weighted by Gasteiger charge is 1.88. The normalized spacial score (nSPS) is 10.2. The minimum Gasteiger partial charge on any atom is -0.313 e. The van der Waals surface area contributed by atoms with Crippen LogP contribution in [0.1, 0.15) is 6.92 Å². The highest BCUT2D eigenvalue weighted by molar-refractivity contribution is 5.91. The van der Waals surface area contributed by atoms with Crippen molar-refractivity contribution in [1.82, 2.24) is 5.32 Å². The van der Waals surface area contributed by atoms with E-state index < -0.39 is 0 Å². The van der Waals surface area contributed by atoms with Gasteiger partial charge >= 0.3 is 0 Å². The Morgan fingerprint density at radius 2 is 2.38 bits per heavy atom. The molecule has 0 rings (SSSR count). The second kappa shape index (κ2) is 4.53. The van der Waals surface area contributed by atoms with Gasteiger partial charge in [-0.2, -0.15) is 0 Å². The molecule has 0 aliphatic heterocycles. The molecule has 2 nitrogen and oxygen atoms in total. The quantitative estimate of drug-likeness (QED) is 0.535. The zero-order valence-corrected chi connectivity index (χ0v) is 5.27. The number of rotatable bonds is 3. The second-order valence-corrected chi connectivity index (χ2v) is 1.50. The van der Waals surface area contributed by atoms with Gasteiger partial charge in [0.1, 0.15) is 0 Å². The molecule has 0 aromatic heterocycles. The maximum atomic E-state index is 10.5. The van der Waals surface area contributed by atoms with Crippen LogP contribution in [0, 0.1) is 0 Å². The van der Waals surface area contributed by atoms with Crippen LogP contribution in [-0.2, 0) is 4.79 Å². The Hall–Kier alpha value is -0.630. The molecular formula is C6H11NO. The Balaban J connectivity index is 3.33. The standard InChI is InChI=1S/C6H11NO/c1-3-4-6(8)5-7-2/h3-4,7H,5H2,1-2H3. The summed E-state index contributed by atoms with van der Waals surface area (Å²) >= 11 is 0. The Bertz CT molecular complexity index is 96.7. The monoisotopic (exact) mass is 113 g/mol. The summed E-state index contributed by atoms with van der Waals surface area (Å²) in [6.45, 7) is 2.26. The van der Waals surface area contributed by atoms with E-state index in [1.165, 1.54) is 0 Å². The summed E-state index contributed by atoms with van der Waals surface area (Å²) in [5, 5.41) is 2.75. The maximum Gasteiger partial charge on any atom is 0.169 e. The molecule has 0 radical (unpaired) electrons. The summed E-state index contributed by atoms with van der Waals surface area (Å²) < 4.78 is 0. The number of allylic oxidation sites excluding steroid dienone is 1. The molecule has 2 heteroatoms.